The third kappa shape index (κ3) is 4.23. The van der Waals surface area contributed by atoms with E-state index in [0.717, 1.165) is 18.4 Å². The molecule has 0 spiro atoms. The maximum absolute atomic E-state index is 12.3. The van der Waals surface area contributed by atoms with Gasteiger partial charge in [-0.05, 0) is 36.6 Å². The van der Waals surface area contributed by atoms with E-state index in [9.17, 15) is 14.9 Å². The Morgan fingerprint density at radius 1 is 1.36 bits per heavy atom. The number of nitro groups is 1. The number of aromatic nitrogens is 1. The normalized spacial score (nSPS) is 13.2. The molecule has 1 fully saturated rings. The molecule has 1 heterocycles. The van der Waals surface area contributed by atoms with Crippen LogP contribution < -0.4 is 15.4 Å². The van der Waals surface area contributed by atoms with Gasteiger partial charge < -0.3 is 15.4 Å². The van der Waals surface area contributed by atoms with Crippen LogP contribution in [-0.2, 0) is 6.54 Å². The topological polar surface area (TPSA) is 106 Å². The predicted octanol–water partition coefficient (Wildman–Crippen LogP) is 2.50. The standard InChI is InChI=1S/C17H18N4O4/c1-25-16-8-11(6-7-18-16)10-19-17(22)12-2-5-14(20-13-3-4-13)15(9-12)21(23)24/h2,5-9,13,20H,3-4,10H2,1H3,(H,19,22). The first-order valence-electron chi connectivity index (χ1n) is 7.89. The number of methoxy groups -OCH3 is 1. The maximum atomic E-state index is 12.3. The summed E-state index contributed by atoms with van der Waals surface area (Å²) in [5, 5.41) is 17.1. The minimum absolute atomic E-state index is 0.0925. The van der Waals surface area contributed by atoms with E-state index >= 15 is 0 Å². The SMILES string of the molecule is COc1cc(CNC(=O)c2ccc(NC3CC3)c([N+](=O)[O-])c2)ccn1. The van der Waals surface area contributed by atoms with Crippen molar-refractivity contribution in [1.82, 2.24) is 10.3 Å². The Morgan fingerprint density at radius 3 is 2.84 bits per heavy atom. The third-order valence-electron chi connectivity index (χ3n) is 3.86. The monoisotopic (exact) mass is 342 g/mol. The summed E-state index contributed by atoms with van der Waals surface area (Å²) in [6.07, 6.45) is 3.60. The summed E-state index contributed by atoms with van der Waals surface area (Å²) in [5.74, 6) is 0.0785. The number of hydrogen-bond donors (Lipinski definition) is 2. The molecule has 8 heteroatoms. The summed E-state index contributed by atoms with van der Waals surface area (Å²) in [6.45, 7) is 0.271. The van der Waals surface area contributed by atoms with Gasteiger partial charge in [-0.15, -0.1) is 0 Å². The number of pyridine rings is 1. The summed E-state index contributed by atoms with van der Waals surface area (Å²) in [7, 11) is 1.51. The molecule has 130 valence electrons. The van der Waals surface area contributed by atoms with Gasteiger partial charge in [-0.25, -0.2) is 4.98 Å². The summed E-state index contributed by atoms with van der Waals surface area (Å²) in [5.41, 5.74) is 1.42. The summed E-state index contributed by atoms with van der Waals surface area (Å²) >= 11 is 0. The van der Waals surface area contributed by atoms with Crippen molar-refractivity contribution >= 4 is 17.3 Å². The zero-order chi connectivity index (χ0) is 17.8. The molecule has 1 saturated carbocycles. The number of carbonyl (C=O) groups is 1. The molecule has 2 N–H and O–H groups in total. The Kier molecular flexibility index (Phi) is 4.78. The first kappa shape index (κ1) is 16.7. The number of ether oxygens (including phenoxy) is 1. The summed E-state index contributed by atoms with van der Waals surface area (Å²) in [6, 6.07) is 8.23. The number of benzene rings is 1. The molecule has 0 aliphatic heterocycles. The highest BCUT2D eigenvalue weighted by Gasteiger charge is 2.25. The van der Waals surface area contributed by atoms with Crippen molar-refractivity contribution in [2.45, 2.75) is 25.4 Å². The lowest BCUT2D eigenvalue weighted by Gasteiger charge is -2.09. The average Bonchev–Trinajstić information content (AvgIpc) is 3.44. The third-order valence-corrected chi connectivity index (χ3v) is 3.86. The van der Waals surface area contributed by atoms with Crippen molar-refractivity contribution in [3.05, 3.63) is 57.8 Å². The second-order valence-electron chi connectivity index (χ2n) is 5.80. The van der Waals surface area contributed by atoms with Crippen LogP contribution in [0.4, 0.5) is 11.4 Å². The number of rotatable bonds is 7. The van der Waals surface area contributed by atoms with Crippen molar-refractivity contribution in [2.24, 2.45) is 0 Å². The number of nitro benzene ring substituents is 1. The second kappa shape index (κ2) is 7.16. The molecule has 0 saturated heterocycles. The Labute approximate surface area is 144 Å². The minimum atomic E-state index is -0.477. The van der Waals surface area contributed by atoms with Crippen molar-refractivity contribution in [2.75, 3.05) is 12.4 Å². The summed E-state index contributed by atoms with van der Waals surface area (Å²) < 4.78 is 5.03. The number of nitrogens with zero attached hydrogens (tertiary/aromatic N) is 2. The highest BCUT2D eigenvalue weighted by Crippen LogP contribution is 2.31. The van der Waals surface area contributed by atoms with Crippen molar-refractivity contribution in [3.8, 4) is 5.88 Å². The molecule has 0 unspecified atom stereocenters. The number of nitrogens with one attached hydrogen (secondary N) is 2. The Hall–Kier alpha value is -3.16. The van der Waals surface area contributed by atoms with Crippen molar-refractivity contribution in [3.63, 3.8) is 0 Å². The highest BCUT2D eigenvalue weighted by molar-refractivity contribution is 5.95. The molecule has 1 aliphatic carbocycles. The molecule has 25 heavy (non-hydrogen) atoms. The molecule has 8 nitrogen and oxygen atoms in total. The Balaban J connectivity index is 1.70. The van der Waals surface area contributed by atoms with Gasteiger partial charge in [-0.1, -0.05) is 0 Å². The molecule has 0 bridgehead atoms. The van der Waals surface area contributed by atoms with E-state index in [2.05, 4.69) is 15.6 Å². The molecule has 1 aliphatic rings. The molecule has 1 aromatic carbocycles. The van der Waals surface area contributed by atoms with Crippen LogP contribution in [0, 0.1) is 10.1 Å². The zero-order valence-electron chi connectivity index (χ0n) is 13.7. The molecule has 1 amide bonds. The lowest BCUT2D eigenvalue weighted by molar-refractivity contribution is -0.384. The van der Waals surface area contributed by atoms with Crippen LogP contribution in [0.2, 0.25) is 0 Å². The van der Waals surface area contributed by atoms with Crippen LogP contribution in [0.25, 0.3) is 0 Å². The number of carbonyl (C=O) groups excluding carboxylic acids is 1. The van der Waals surface area contributed by atoms with Crippen LogP contribution in [0.15, 0.2) is 36.5 Å². The molecular formula is C17H18N4O4. The van der Waals surface area contributed by atoms with Gasteiger partial charge in [0.1, 0.15) is 5.69 Å². The van der Waals surface area contributed by atoms with E-state index in [1.807, 2.05) is 0 Å². The lowest BCUT2D eigenvalue weighted by Crippen LogP contribution is -2.23. The molecule has 2 aromatic rings. The van der Waals surface area contributed by atoms with Gasteiger partial charge in [-0.2, -0.15) is 0 Å². The highest BCUT2D eigenvalue weighted by atomic mass is 16.6. The maximum Gasteiger partial charge on any atom is 0.293 e. The van der Waals surface area contributed by atoms with Crippen molar-refractivity contribution < 1.29 is 14.5 Å². The fraction of sp³-hybridized carbons (Fsp3) is 0.294. The predicted molar refractivity (Wildman–Crippen MR) is 91.7 cm³/mol. The molecule has 0 radical (unpaired) electrons. The largest absolute Gasteiger partial charge is 0.481 e. The van der Waals surface area contributed by atoms with E-state index in [0.29, 0.717) is 17.6 Å². The minimum Gasteiger partial charge on any atom is -0.481 e. The van der Waals surface area contributed by atoms with Crippen LogP contribution in [0.1, 0.15) is 28.8 Å². The second-order valence-corrected chi connectivity index (χ2v) is 5.80. The first-order valence-corrected chi connectivity index (χ1v) is 7.89. The van der Waals surface area contributed by atoms with E-state index in [4.69, 9.17) is 4.74 Å². The molecular weight excluding hydrogens is 324 g/mol. The summed E-state index contributed by atoms with van der Waals surface area (Å²) in [4.78, 5) is 27.1. The molecule has 3 rings (SSSR count). The quantitative estimate of drug-likeness (QED) is 0.591. The van der Waals surface area contributed by atoms with E-state index in [1.54, 1.807) is 30.5 Å². The van der Waals surface area contributed by atoms with Gasteiger partial charge in [0.15, 0.2) is 0 Å². The first-order chi connectivity index (χ1) is 12.1. The molecule has 1 aromatic heterocycles. The fourth-order valence-electron chi connectivity index (χ4n) is 2.35. The zero-order valence-corrected chi connectivity index (χ0v) is 13.7. The van der Waals surface area contributed by atoms with Crippen molar-refractivity contribution in [1.29, 1.82) is 0 Å². The number of hydrogen-bond acceptors (Lipinski definition) is 6. The van der Waals surface area contributed by atoms with Crippen LogP contribution in [0.3, 0.4) is 0 Å². The fourth-order valence-corrected chi connectivity index (χ4v) is 2.35. The van der Waals surface area contributed by atoms with Gasteiger partial charge in [0.25, 0.3) is 11.6 Å². The number of anilines is 1. The number of amides is 1. The van der Waals surface area contributed by atoms with Gasteiger partial charge in [0.2, 0.25) is 5.88 Å². The van der Waals surface area contributed by atoms with Gasteiger partial charge in [0.05, 0.1) is 12.0 Å². The van der Waals surface area contributed by atoms with Gasteiger partial charge >= 0.3 is 0 Å². The van der Waals surface area contributed by atoms with Crippen LogP contribution in [0.5, 0.6) is 5.88 Å². The molecule has 0 atom stereocenters. The van der Waals surface area contributed by atoms with E-state index in [-0.39, 0.29) is 23.7 Å². The van der Waals surface area contributed by atoms with Crippen LogP contribution in [-0.4, -0.2) is 29.0 Å². The Bertz CT molecular complexity index is 805. The van der Waals surface area contributed by atoms with Gasteiger partial charge in [0, 0.05) is 36.5 Å². The van der Waals surface area contributed by atoms with E-state index in [1.165, 1.54) is 13.2 Å². The van der Waals surface area contributed by atoms with Gasteiger partial charge in [-0.3, -0.25) is 14.9 Å². The average molecular weight is 342 g/mol. The lowest BCUT2D eigenvalue weighted by atomic mass is 10.1. The smallest absolute Gasteiger partial charge is 0.293 e. The van der Waals surface area contributed by atoms with E-state index < -0.39 is 4.92 Å². The van der Waals surface area contributed by atoms with Crippen LogP contribution >= 0.6 is 0 Å². The Morgan fingerprint density at radius 2 is 2.16 bits per heavy atom.